The van der Waals surface area contributed by atoms with E-state index in [0.29, 0.717) is 16.6 Å². The van der Waals surface area contributed by atoms with Gasteiger partial charge in [-0.3, -0.25) is 14.2 Å². The number of nitrogens with two attached hydrogens (primary N) is 1. The van der Waals surface area contributed by atoms with Gasteiger partial charge in [-0.2, -0.15) is 5.10 Å². The number of rotatable bonds is 4. The Balaban J connectivity index is 1.64. The first-order valence-electron chi connectivity index (χ1n) is 10.6. The van der Waals surface area contributed by atoms with E-state index < -0.39 is 6.04 Å². The van der Waals surface area contributed by atoms with Gasteiger partial charge in [-0.1, -0.05) is 36.4 Å². The predicted molar refractivity (Wildman–Crippen MR) is 128 cm³/mol. The molecule has 0 saturated carbocycles. The molecular weight excluding hydrogens is 416 g/mol. The fourth-order valence-electron chi connectivity index (χ4n) is 4.20. The Morgan fingerprint density at radius 2 is 1.85 bits per heavy atom. The monoisotopic (exact) mass is 438 g/mol. The summed E-state index contributed by atoms with van der Waals surface area (Å²) in [5, 5.41) is 12.7. The molecule has 8 nitrogen and oxygen atoms in total. The Hall–Kier alpha value is -4.46. The summed E-state index contributed by atoms with van der Waals surface area (Å²) in [7, 11) is 0. The minimum absolute atomic E-state index is 0.0907. The van der Waals surface area contributed by atoms with Crippen molar-refractivity contribution >= 4 is 28.0 Å². The lowest BCUT2D eigenvalue weighted by Gasteiger charge is -2.21. The van der Waals surface area contributed by atoms with Crippen molar-refractivity contribution in [3.8, 4) is 5.69 Å². The maximum atomic E-state index is 13.6. The zero-order chi connectivity index (χ0) is 23.1. The van der Waals surface area contributed by atoms with Gasteiger partial charge in [0.15, 0.2) is 5.82 Å². The molecule has 1 atom stereocenters. The molecule has 0 saturated heterocycles. The molecule has 0 bridgehead atoms. The molecule has 1 amide bonds. The third kappa shape index (κ3) is 3.41. The van der Waals surface area contributed by atoms with Crippen LogP contribution < -0.4 is 16.6 Å². The lowest BCUT2D eigenvalue weighted by molar-refractivity contribution is 0.0941. The van der Waals surface area contributed by atoms with Crippen LogP contribution in [0.1, 0.15) is 34.6 Å². The molecule has 8 heteroatoms. The Morgan fingerprint density at radius 3 is 2.64 bits per heavy atom. The molecule has 0 aliphatic carbocycles. The summed E-state index contributed by atoms with van der Waals surface area (Å²) in [5.41, 5.74) is 8.93. The van der Waals surface area contributed by atoms with Gasteiger partial charge < -0.3 is 11.1 Å². The third-order valence-corrected chi connectivity index (χ3v) is 5.76. The van der Waals surface area contributed by atoms with Crippen LogP contribution in [0, 0.1) is 6.92 Å². The van der Waals surface area contributed by atoms with Crippen LogP contribution >= 0.6 is 0 Å². The summed E-state index contributed by atoms with van der Waals surface area (Å²) < 4.78 is 2.98. The highest BCUT2D eigenvalue weighted by atomic mass is 16.2. The number of aryl methyl sites for hydroxylation is 1. The molecule has 0 radical (unpaired) electrons. The number of carbonyl (C=O) groups is 1. The second kappa shape index (κ2) is 7.90. The molecule has 0 spiro atoms. The molecule has 3 aromatic heterocycles. The van der Waals surface area contributed by atoms with Crippen LogP contribution in [0.2, 0.25) is 0 Å². The zero-order valence-electron chi connectivity index (χ0n) is 18.2. The molecule has 5 aromatic rings. The first-order valence-corrected chi connectivity index (χ1v) is 10.6. The maximum Gasteiger partial charge on any atom is 0.263 e. The Morgan fingerprint density at radius 1 is 1.06 bits per heavy atom. The quantitative estimate of drug-likeness (QED) is 0.447. The SMILES string of the molecule is Cc1cccc2cc([C@H](C)NC(=O)c3c(N)nn4ncccc34)n(-c3ccccc3)c(=O)c12. The molecule has 2 aromatic carbocycles. The molecular formula is C25H22N6O2. The Bertz CT molecular complexity index is 1570. The van der Waals surface area contributed by atoms with Crippen molar-refractivity contribution in [3.63, 3.8) is 0 Å². The minimum Gasteiger partial charge on any atom is -0.381 e. The molecule has 0 unspecified atom stereocenters. The van der Waals surface area contributed by atoms with Crippen molar-refractivity contribution in [2.45, 2.75) is 19.9 Å². The number of aromatic nitrogens is 4. The number of benzene rings is 2. The summed E-state index contributed by atoms with van der Waals surface area (Å²) in [6, 6.07) is 20.0. The van der Waals surface area contributed by atoms with Crippen LogP contribution in [-0.4, -0.2) is 25.3 Å². The van der Waals surface area contributed by atoms with Crippen LogP contribution in [0.3, 0.4) is 0 Å². The van der Waals surface area contributed by atoms with Gasteiger partial charge in [-0.05, 0) is 55.1 Å². The normalized spacial score (nSPS) is 12.2. The van der Waals surface area contributed by atoms with Gasteiger partial charge in [0.05, 0.1) is 11.4 Å². The van der Waals surface area contributed by atoms with Crippen LogP contribution in [0.15, 0.2) is 77.7 Å². The van der Waals surface area contributed by atoms with Gasteiger partial charge in [0.2, 0.25) is 0 Å². The number of hydrogen-bond acceptors (Lipinski definition) is 5. The Kier molecular flexibility index (Phi) is 4.90. The van der Waals surface area contributed by atoms with Crippen LogP contribution in [-0.2, 0) is 0 Å². The van der Waals surface area contributed by atoms with Crippen LogP contribution in [0.25, 0.3) is 22.0 Å². The van der Waals surface area contributed by atoms with Gasteiger partial charge in [0.25, 0.3) is 11.5 Å². The number of pyridine rings is 1. The van der Waals surface area contributed by atoms with Gasteiger partial charge in [0.1, 0.15) is 11.1 Å². The second-order valence-electron chi connectivity index (χ2n) is 7.94. The smallest absolute Gasteiger partial charge is 0.263 e. The van der Waals surface area contributed by atoms with Crippen molar-refractivity contribution in [2.24, 2.45) is 0 Å². The molecule has 33 heavy (non-hydrogen) atoms. The third-order valence-electron chi connectivity index (χ3n) is 5.76. The number of nitrogen functional groups attached to an aromatic ring is 1. The maximum absolute atomic E-state index is 13.6. The number of hydrogen-bond donors (Lipinski definition) is 2. The number of nitrogens with one attached hydrogen (secondary N) is 1. The lowest BCUT2D eigenvalue weighted by Crippen LogP contribution is -2.32. The average molecular weight is 438 g/mol. The number of para-hydroxylation sites is 1. The van der Waals surface area contributed by atoms with Gasteiger partial charge >= 0.3 is 0 Å². The summed E-state index contributed by atoms with van der Waals surface area (Å²) in [6.07, 6.45) is 1.57. The van der Waals surface area contributed by atoms with Crippen molar-refractivity contribution in [3.05, 3.63) is 100 Å². The molecule has 0 aliphatic heterocycles. The van der Waals surface area contributed by atoms with Crippen molar-refractivity contribution in [1.82, 2.24) is 24.7 Å². The Labute approximate surface area is 189 Å². The first kappa shape index (κ1) is 20.4. The largest absolute Gasteiger partial charge is 0.381 e. The standard InChI is InChI=1S/C25H22N6O2/c1-15-8-6-9-17-14-20(30(25(33)21(15)17)18-10-4-3-5-11-18)16(2)28-24(32)22-19-12-7-13-27-31(19)29-23(22)26/h3-14,16H,1-2H3,(H2,26,29)(H,28,32)/t16-/m0/s1. The van der Waals surface area contributed by atoms with Crippen molar-refractivity contribution in [2.75, 3.05) is 5.73 Å². The van der Waals surface area contributed by atoms with E-state index in [1.807, 2.05) is 68.4 Å². The van der Waals surface area contributed by atoms with Gasteiger partial charge in [-0.15, -0.1) is 9.73 Å². The van der Waals surface area contributed by atoms with E-state index in [1.54, 1.807) is 22.9 Å². The van der Waals surface area contributed by atoms with Crippen molar-refractivity contribution in [1.29, 1.82) is 0 Å². The average Bonchev–Trinajstić information content (AvgIpc) is 3.15. The van der Waals surface area contributed by atoms with E-state index in [2.05, 4.69) is 15.5 Å². The van der Waals surface area contributed by atoms with E-state index in [-0.39, 0.29) is 22.8 Å². The summed E-state index contributed by atoms with van der Waals surface area (Å²) in [6.45, 7) is 3.76. The summed E-state index contributed by atoms with van der Waals surface area (Å²) >= 11 is 0. The molecule has 164 valence electrons. The fraction of sp³-hybridized carbons (Fsp3) is 0.120. The van der Waals surface area contributed by atoms with Crippen molar-refractivity contribution < 1.29 is 4.79 Å². The highest BCUT2D eigenvalue weighted by Gasteiger charge is 2.23. The van der Waals surface area contributed by atoms with Crippen LogP contribution in [0.5, 0.6) is 0 Å². The highest BCUT2D eigenvalue weighted by Crippen LogP contribution is 2.24. The van der Waals surface area contributed by atoms with E-state index in [0.717, 1.165) is 16.6 Å². The number of anilines is 1. The number of nitrogens with zero attached hydrogens (tertiary/aromatic N) is 4. The second-order valence-corrected chi connectivity index (χ2v) is 7.94. The molecule has 3 heterocycles. The van der Waals surface area contributed by atoms with E-state index in [4.69, 9.17) is 5.73 Å². The number of amides is 1. The van der Waals surface area contributed by atoms with E-state index >= 15 is 0 Å². The van der Waals surface area contributed by atoms with Crippen LogP contribution in [0.4, 0.5) is 5.82 Å². The highest BCUT2D eigenvalue weighted by molar-refractivity contribution is 6.05. The lowest BCUT2D eigenvalue weighted by atomic mass is 10.0. The van der Waals surface area contributed by atoms with Gasteiger partial charge in [-0.25, -0.2) is 0 Å². The minimum atomic E-state index is -0.499. The number of carbonyl (C=O) groups excluding carboxylic acids is 1. The topological polar surface area (TPSA) is 107 Å². The first-order chi connectivity index (χ1) is 16.0. The zero-order valence-corrected chi connectivity index (χ0v) is 18.2. The summed E-state index contributed by atoms with van der Waals surface area (Å²) in [4.78, 5) is 26.8. The molecule has 5 rings (SSSR count). The van der Waals surface area contributed by atoms with Gasteiger partial charge in [0, 0.05) is 17.6 Å². The van der Waals surface area contributed by atoms with E-state index in [1.165, 1.54) is 4.63 Å². The predicted octanol–water partition coefficient (Wildman–Crippen LogP) is 3.42. The molecule has 0 fully saturated rings. The van der Waals surface area contributed by atoms with E-state index in [9.17, 15) is 9.59 Å². The fourth-order valence-corrected chi connectivity index (χ4v) is 4.20. The number of fused-ring (bicyclic) bond motifs is 2. The summed E-state index contributed by atoms with van der Waals surface area (Å²) in [5.74, 6) is -0.299. The molecule has 0 aliphatic rings. The molecule has 3 N–H and O–H groups in total.